The van der Waals surface area contributed by atoms with Crippen LogP contribution in [0.4, 0.5) is 0 Å². The molecule has 1 aliphatic rings. The average Bonchev–Trinajstić information content (AvgIpc) is 3.40. The number of rotatable bonds is 4. The summed E-state index contributed by atoms with van der Waals surface area (Å²) < 4.78 is 10.8. The molecule has 0 saturated heterocycles. The second-order valence-corrected chi connectivity index (χ2v) is 6.59. The Morgan fingerprint density at radius 1 is 0.966 bits per heavy atom. The second-order valence-electron chi connectivity index (χ2n) is 6.59. The van der Waals surface area contributed by atoms with Crippen LogP contribution in [0.2, 0.25) is 0 Å². The van der Waals surface area contributed by atoms with Crippen LogP contribution in [0.5, 0.6) is 11.5 Å². The molecular formula is C23H17N3O3. The molecule has 0 spiro atoms. The molecule has 6 heteroatoms. The third-order valence-corrected chi connectivity index (χ3v) is 4.64. The number of aromatic amines is 1. The molecule has 2 N–H and O–H groups in total. The fraction of sp³-hybridized carbons (Fsp3) is 0.0435. The summed E-state index contributed by atoms with van der Waals surface area (Å²) in [5.41, 5.74) is 3.72. The third-order valence-electron chi connectivity index (χ3n) is 4.64. The molecule has 3 aromatic carbocycles. The summed E-state index contributed by atoms with van der Waals surface area (Å²) >= 11 is 0. The fourth-order valence-corrected chi connectivity index (χ4v) is 3.20. The van der Waals surface area contributed by atoms with E-state index in [1.54, 1.807) is 12.1 Å². The van der Waals surface area contributed by atoms with E-state index in [9.17, 15) is 4.79 Å². The van der Waals surface area contributed by atoms with Crippen molar-refractivity contribution in [1.29, 1.82) is 0 Å². The van der Waals surface area contributed by atoms with E-state index in [0.29, 0.717) is 28.6 Å². The number of carbonyl (C=O) groups is 1. The molecule has 2 heterocycles. The Morgan fingerprint density at radius 3 is 2.62 bits per heavy atom. The van der Waals surface area contributed by atoms with Crippen molar-refractivity contribution in [1.82, 2.24) is 15.3 Å². The summed E-state index contributed by atoms with van der Waals surface area (Å²) in [5.74, 6) is 1.75. The number of amides is 1. The number of benzene rings is 3. The predicted octanol–water partition coefficient (Wildman–Crippen LogP) is 4.22. The van der Waals surface area contributed by atoms with Crippen molar-refractivity contribution in [3.8, 4) is 11.5 Å². The topological polar surface area (TPSA) is 76.2 Å². The van der Waals surface area contributed by atoms with Crippen molar-refractivity contribution < 1.29 is 14.3 Å². The van der Waals surface area contributed by atoms with Gasteiger partial charge in [-0.1, -0.05) is 36.4 Å². The number of nitrogens with zero attached hydrogens (tertiary/aromatic N) is 1. The van der Waals surface area contributed by atoms with Crippen LogP contribution >= 0.6 is 0 Å². The summed E-state index contributed by atoms with van der Waals surface area (Å²) in [6, 6.07) is 22.4. The van der Waals surface area contributed by atoms with E-state index >= 15 is 0 Å². The molecule has 0 radical (unpaired) electrons. The maximum atomic E-state index is 12.8. The molecule has 0 bridgehead atoms. The molecule has 0 unspecified atom stereocenters. The van der Waals surface area contributed by atoms with Crippen LogP contribution < -0.4 is 14.8 Å². The quantitative estimate of drug-likeness (QED) is 0.553. The first kappa shape index (κ1) is 17.1. The minimum Gasteiger partial charge on any atom is -0.454 e. The van der Waals surface area contributed by atoms with Crippen molar-refractivity contribution in [2.45, 2.75) is 0 Å². The van der Waals surface area contributed by atoms with E-state index in [1.807, 2.05) is 66.7 Å². The fourth-order valence-electron chi connectivity index (χ4n) is 3.20. The summed E-state index contributed by atoms with van der Waals surface area (Å²) in [6.07, 6.45) is 1.86. The van der Waals surface area contributed by atoms with Gasteiger partial charge in [-0.25, -0.2) is 4.98 Å². The highest BCUT2D eigenvalue weighted by molar-refractivity contribution is 6.01. The first-order chi connectivity index (χ1) is 14.3. The Morgan fingerprint density at radius 2 is 1.76 bits per heavy atom. The van der Waals surface area contributed by atoms with Gasteiger partial charge in [-0.3, -0.25) is 4.79 Å². The van der Waals surface area contributed by atoms with Gasteiger partial charge < -0.3 is 19.8 Å². The Labute approximate surface area is 166 Å². The highest BCUT2D eigenvalue weighted by Gasteiger charge is 2.16. The summed E-state index contributed by atoms with van der Waals surface area (Å²) in [4.78, 5) is 20.7. The van der Waals surface area contributed by atoms with E-state index < -0.39 is 0 Å². The molecule has 6 nitrogen and oxygen atoms in total. The van der Waals surface area contributed by atoms with Crippen LogP contribution in [0, 0.1) is 0 Å². The zero-order valence-electron chi connectivity index (χ0n) is 15.4. The lowest BCUT2D eigenvalue weighted by molar-refractivity contribution is 0.0973. The zero-order valence-corrected chi connectivity index (χ0v) is 15.4. The first-order valence-corrected chi connectivity index (χ1v) is 9.19. The van der Waals surface area contributed by atoms with Crippen molar-refractivity contribution >= 4 is 28.7 Å². The lowest BCUT2D eigenvalue weighted by Crippen LogP contribution is -2.22. The molecule has 1 aliphatic heterocycles. The van der Waals surface area contributed by atoms with Crippen molar-refractivity contribution in [2.75, 3.05) is 6.79 Å². The molecular weight excluding hydrogens is 366 g/mol. The van der Waals surface area contributed by atoms with Crippen molar-refractivity contribution in [2.24, 2.45) is 0 Å². The van der Waals surface area contributed by atoms with E-state index in [1.165, 1.54) is 0 Å². The van der Waals surface area contributed by atoms with Gasteiger partial charge in [0.25, 0.3) is 5.91 Å². The van der Waals surface area contributed by atoms with Gasteiger partial charge in [0.1, 0.15) is 0 Å². The summed E-state index contributed by atoms with van der Waals surface area (Å²) in [5, 5.41) is 2.98. The Kier molecular flexibility index (Phi) is 4.22. The van der Waals surface area contributed by atoms with E-state index in [0.717, 1.165) is 16.6 Å². The van der Waals surface area contributed by atoms with Gasteiger partial charge in [-0.15, -0.1) is 0 Å². The number of nitrogens with one attached hydrogen (secondary N) is 2. The average molecular weight is 383 g/mol. The van der Waals surface area contributed by atoms with E-state index in [4.69, 9.17) is 9.47 Å². The number of ether oxygens (including phenoxy) is 2. The highest BCUT2D eigenvalue weighted by Crippen LogP contribution is 2.33. The molecule has 29 heavy (non-hydrogen) atoms. The van der Waals surface area contributed by atoms with E-state index in [2.05, 4.69) is 15.3 Å². The van der Waals surface area contributed by atoms with Gasteiger partial charge in [0.15, 0.2) is 17.3 Å². The van der Waals surface area contributed by atoms with Crippen molar-refractivity contribution in [3.05, 3.63) is 89.7 Å². The minimum absolute atomic E-state index is 0.210. The largest absolute Gasteiger partial charge is 0.454 e. The monoisotopic (exact) mass is 383 g/mol. The molecule has 0 saturated carbocycles. The van der Waals surface area contributed by atoms with Gasteiger partial charge in [-0.05, 0) is 48.0 Å². The summed E-state index contributed by atoms with van der Waals surface area (Å²) in [6.45, 7) is 0.212. The van der Waals surface area contributed by atoms with Gasteiger partial charge in [0.05, 0.1) is 16.7 Å². The maximum absolute atomic E-state index is 12.8. The first-order valence-electron chi connectivity index (χ1n) is 9.19. The Balaban J connectivity index is 1.55. The maximum Gasteiger partial charge on any atom is 0.255 e. The van der Waals surface area contributed by atoms with Crippen LogP contribution in [-0.2, 0) is 0 Å². The van der Waals surface area contributed by atoms with Crippen LogP contribution in [0.3, 0.4) is 0 Å². The second kappa shape index (κ2) is 7.16. The molecule has 142 valence electrons. The molecule has 1 amide bonds. The lowest BCUT2D eigenvalue weighted by atomic mass is 10.1. The number of H-pyrrole nitrogens is 1. The number of carbonyl (C=O) groups excluding carboxylic acids is 1. The van der Waals surface area contributed by atoms with Crippen LogP contribution in [0.1, 0.15) is 21.7 Å². The van der Waals surface area contributed by atoms with Crippen LogP contribution in [-0.4, -0.2) is 22.7 Å². The number of para-hydroxylation sites is 2. The molecule has 0 aliphatic carbocycles. The highest BCUT2D eigenvalue weighted by atomic mass is 16.7. The predicted molar refractivity (Wildman–Crippen MR) is 110 cm³/mol. The Bertz CT molecular complexity index is 1200. The SMILES string of the molecule is O=C(N/C(=C\c1ccc2c(c1)OCO2)c1nc2ccccc2[nH]1)c1ccccc1. The van der Waals surface area contributed by atoms with E-state index in [-0.39, 0.29) is 12.7 Å². The normalized spacial score (nSPS) is 12.9. The van der Waals surface area contributed by atoms with Gasteiger partial charge in [0, 0.05) is 5.56 Å². The third kappa shape index (κ3) is 3.43. The van der Waals surface area contributed by atoms with Crippen molar-refractivity contribution in [3.63, 3.8) is 0 Å². The number of imidazole rings is 1. The number of fused-ring (bicyclic) bond motifs is 2. The number of hydrogen-bond donors (Lipinski definition) is 2. The smallest absolute Gasteiger partial charge is 0.255 e. The molecule has 0 fully saturated rings. The van der Waals surface area contributed by atoms with Gasteiger partial charge >= 0.3 is 0 Å². The molecule has 4 aromatic rings. The zero-order chi connectivity index (χ0) is 19.6. The molecule has 1 aromatic heterocycles. The van der Waals surface area contributed by atoms with Crippen LogP contribution in [0.15, 0.2) is 72.8 Å². The standard InChI is InChI=1S/C23H17N3O3/c27-23(16-6-2-1-3-7-16)26-19(22-24-17-8-4-5-9-18(17)25-22)12-15-10-11-20-21(13-15)29-14-28-20/h1-13H,14H2,(H,24,25)(H,26,27)/b19-12-. The summed E-state index contributed by atoms with van der Waals surface area (Å²) in [7, 11) is 0. The number of hydrogen-bond acceptors (Lipinski definition) is 4. The minimum atomic E-state index is -0.210. The number of aromatic nitrogens is 2. The Hall–Kier alpha value is -4.06. The van der Waals surface area contributed by atoms with Gasteiger partial charge in [0.2, 0.25) is 6.79 Å². The van der Waals surface area contributed by atoms with Gasteiger partial charge in [-0.2, -0.15) is 0 Å². The van der Waals surface area contributed by atoms with Crippen LogP contribution in [0.25, 0.3) is 22.8 Å². The molecule has 5 rings (SSSR count). The molecule has 0 atom stereocenters. The lowest BCUT2D eigenvalue weighted by Gasteiger charge is -2.09.